The van der Waals surface area contributed by atoms with Crippen LogP contribution in [0.1, 0.15) is 25.1 Å². The molecule has 6 rings (SSSR count). The second-order valence-electron chi connectivity index (χ2n) is 12.1. The zero-order chi connectivity index (χ0) is 28.0. The van der Waals surface area contributed by atoms with Gasteiger partial charge in [0, 0.05) is 75.5 Å². The molecule has 0 radical (unpaired) electrons. The van der Waals surface area contributed by atoms with E-state index in [9.17, 15) is 5.26 Å². The van der Waals surface area contributed by atoms with E-state index in [4.69, 9.17) is 20.4 Å². The maximum absolute atomic E-state index is 9.62. The van der Waals surface area contributed by atoms with E-state index in [1.807, 2.05) is 20.0 Å². The summed E-state index contributed by atoms with van der Waals surface area (Å²) >= 11 is 0. The molecule has 40 heavy (non-hydrogen) atoms. The number of rotatable bonds is 5. The van der Waals surface area contributed by atoms with Gasteiger partial charge in [-0.25, -0.2) is 4.98 Å². The first-order valence-corrected chi connectivity index (χ1v) is 14.4. The van der Waals surface area contributed by atoms with Gasteiger partial charge in [-0.1, -0.05) is 6.07 Å². The molecule has 3 fully saturated rings. The summed E-state index contributed by atoms with van der Waals surface area (Å²) < 4.78 is 6.43. The number of nitrogens with two attached hydrogens (primary N) is 1. The minimum Gasteiger partial charge on any atom is -0.370 e. The number of nitrogens with zero attached hydrogens (tertiary/aromatic N) is 7. The molecular weight excluding hydrogens is 499 g/mol. The monoisotopic (exact) mass is 538 g/mol. The second kappa shape index (κ2) is 10.5. The molecule has 2 aromatic heterocycles. The van der Waals surface area contributed by atoms with E-state index in [0.29, 0.717) is 5.56 Å². The number of hydrogen-bond acceptors (Lipinski definition) is 9. The number of pyridine rings is 2. The number of aryl methyl sites for hydroxylation is 1. The highest BCUT2D eigenvalue weighted by molar-refractivity contribution is 6.31. The lowest BCUT2D eigenvalue weighted by molar-refractivity contribution is -0.0327. The van der Waals surface area contributed by atoms with E-state index in [1.54, 1.807) is 0 Å². The Morgan fingerprint density at radius 3 is 2.45 bits per heavy atom. The molecule has 0 aliphatic carbocycles. The summed E-state index contributed by atoms with van der Waals surface area (Å²) in [6, 6.07) is 14.8. The molecule has 3 aliphatic rings. The van der Waals surface area contributed by atoms with Crippen molar-refractivity contribution in [3.8, 4) is 6.07 Å². The molecule has 3 aliphatic heterocycles. The van der Waals surface area contributed by atoms with Crippen LogP contribution < -0.4 is 26.0 Å². The van der Waals surface area contributed by atoms with Crippen molar-refractivity contribution in [1.29, 1.82) is 5.26 Å². The first kappa shape index (κ1) is 26.8. The minimum absolute atomic E-state index is 0.104. The van der Waals surface area contributed by atoms with Crippen LogP contribution in [0.3, 0.4) is 0 Å². The first-order chi connectivity index (χ1) is 19.2. The van der Waals surface area contributed by atoms with Gasteiger partial charge in [-0.15, -0.1) is 0 Å². The van der Waals surface area contributed by atoms with E-state index >= 15 is 0 Å². The van der Waals surface area contributed by atoms with Crippen molar-refractivity contribution in [3.05, 3.63) is 47.7 Å². The number of nitriles is 1. The Balaban J connectivity index is 1.09. The van der Waals surface area contributed by atoms with Gasteiger partial charge in [0.05, 0.1) is 34.7 Å². The van der Waals surface area contributed by atoms with E-state index in [-0.39, 0.29) is 17.7 Å². The maximum Gasteiger partial charge on any atom is 0.163 e. The summed E-state index contributed by atoms with van der Waals surface area (Å²) in [6.45, 7) is 14.6. The van der Waals surface area contributed by atoms with Gasteiger partial charge < -0.3 is 25.2 Å². The third-order valence-corrected chi connectivity index (χ3v) is 8.41. The molecule has 0 bridgehead atoms. The summed E-state index contributed by atoms with van der Waals surface area (Å²) in [4.78, 5) is 19.2. The molecule has 10 heteroatoms. The number of piperazine rings is 1. The van der Waals surface area contributed by atoms with E-state index in [0.717, 1.165) is 92.6 Å². The topological polar surface area (TPSA) is 97.8 Å². The van der Waals surface area contributed by atoms with Gasteiger partial charge in [-0.05, 0) is 56.7 Å². The van der Waals surface area contributed by atoms with Crippen molar-refractivity contribution in [2.45, 2.75) is 38.5 Å². The van der Waals surface area contributed by atoms with Crippen LogP contribution in [0.2, 0.25) is 0 Å². The largest absolute Gasteiger partial charge is 0.370 e. The molecule has 0 spiro atoms. The number of ether oxygens (including phenoxy) is 1. The molecule has 9 nitrogen and oxygen atoms in total. The predicted octanol–water partition coefficient (Wildman–Crippen LogP) is 1.02. The number of morpholine rings is 1. The van der Waals surface area contributed by atoms with Crippen molar-refractivity contribution in [2.75, 3.05) is 73.6 Å². The highest BCUT2D eigenvalue weighted by Crippen LogP contribution is 2.31. The quantitative estimate of drug-likeness (QED) is 0.478. The van der Waals surface area contributed by atoms with Crippen LogP contribution in [0, 0.1) is 18.3 Å². The zero-order valence-electron chi connectivity index (χ0n) is 24.1. The Bertz CT molecular complexity index is 1440. The molecule has 1 aromatic carbocycles. The van der Waals surface area contributed by atoms with Gasteiger partial charge in [-0.3, -0.25) is 9.88 Å². The summed E-state index contributed by atoms with van der Waals surface area (Å²) in [5.41, 5.74) is 11.9. The molecule has 0 unspecified atom stereocenters. The van der Waals surface area contributed by atoms with Crippen LogP contribution in [0.25, 0.3) is 10.9 Å². The lowest BCUT2D eigenvalue weighted by atomic mass is 9.94. The van der Waals surface area contributed by atoms with Crippen LogP contribution in [-0.2, 0) is 4.74 Å². The normalized spacial score (nSPS) is 23.2. The Morgan fingerprint density at radius 2 is 1.75 bits per heavy atom. The Kier molecular flexibility index (Phi) is 7.07. The Morgan fingerprint density at radius 1 is 1.00 bits per heavy atom. The van der Waals surface area contributed by atoms with Crippen LogP contribution in [0.4, 0.5) is 17.2 Å². The SMILES string of the molecule is Bc1ccc2c(N3C[C@H](CN4CCN(c5ccc(N6CC(C)(N)C6)nc5C)CC4)O[C@H](C)C3)ccc(C#N)c2n1. The van der Waals surface area contributed by atoms with E-state index in [2.05, 4.69) is 70.7 Å². The smallest absolute Gasteiger partial charge is 0.163 e. The highest BCUT2D eigenvalue weighted by atomic mass is 16.5. The van der Waals surface area contributed by atoms with Gasteiger partial charge >= 0.3 is 0 Å². The number of fused-ring (bicyclic) bond motifs is 1. The lowest BCUT2D eigenvalue weighted by Gasteiger charge is -2.46. The summed E-state index contributed by atoms with van der Waals surface area (Å²) in [5, 5.41) is 10.7. The second-order valence-corrected chi connectivity index (χ2v) is 12.1. The molecule has 2 atom stereocenters. The van der Waals surface area contributed by atoms with Crippen molar-refractivity contribution in [1.82, 2.24) is 14.9 Å². The van der Waals surface area contributed by atoms with Crippen LogP contribution in [0.5, 0.6) is 0 Å². The third-order valence-electron chi connectivity index (χ3n) is 8.41. The number of anilines is 3. The first-order valence-electron chi connectivity index (χ1n) is 14.4. The van der Waals surface area contributed by atoms with Gasteiger partial charge in [-0.2, -0.15) is 5.26 Å². The Hall–Kier alpha value is -3.39. The highest BCUT2D eigenvalue weighted by Gasteiger charge is 2.36. The molecule has 0 saturated carbocycles. The van der Waals surface area contributed by atoms with E-state index < -0.39 is 0 Å². The molecule has 0 amide bonds. The van der Waals surface area contributed by atoms with Crippen LogP contribution >= 0.6 is 0 Å². The van der Waals surface area contributed by atoms with Gasteiger partial charge in [0.2, 0.25) is 0 Å². The maximum atomic E-state index is 9.62. The lowest BCUT2D eigenvalue weighted by Crippen LogP contribution is -2.65. The summed E-state index contributed by atoms with van der Waals surface area (Å²) in [7, 11) is 1.97. The van der Waals surface area contributed by atoms with Gasteiger partial charge in [0.15, 0.2) is 7.85 Å². The fourth-order valence-corrected chi connectivity index (χ4v) is 6.51. The molecule has 5 heterocycles. The zero-order valence-corrected chi connectivity index (χ0v) is 24.1. The number of aromatic nitrogens is 2. The average Bonchev–Trinajstić information content (AvgIpc) is 2.91. The number of hydrogen-bond donors (Lipinski definition) is 1. The van der Waals surface area contributed by atoms with Crippen molar-refractivity contribution >= 4 is 41.5 Å². The molecule has 208 valence electrons. The van der Waals surface area contributed by atoms with Crippen molar-refractivity contribution in [2.24, 2.45) is 5.73 Å². The van der Waals surface area contributed by atoms with Crippen LogP contribution in [0.15, 0.2) is 36.4 Å². The summed E-state index contributed by atoms with van der Waals surface area (Å²) in [5.74, 6) is 1.02. The van der Waals surface area contributed by atoms with Gasteiger partial charge in [0.25, 0.3) is 0 Å². The van der Waals surface area contributed by atoms with Crippen molar-refractivity contribution < 1.29 is 4.74 Å². The molecule has 2 N–H and O–H groups in total. The minimum atomic E-state index is -0.104. The van der Waals surface area contributed by atoms with Crippen molar-refractivity contribution in [3.63, 3.8) is 0 Å². The Labute approximate surface area is 237 Å². The predicted molar refractivity (Wildman–Crippen MR) is 164 cm³/mol. The van der Waals surface area contributed by atoms with E-state index in [1.165, 1.54) is 5.69 Å². The van der Waals surface area contributed by atoms with Crippen LogP contribution in [-0.4, -0.2) is 99.4 Å². The molecule has 3 saturated heterocycles. The molecule has 3 aromatic rings. The summed E-state index contributed by atoms with van der Waals surface area (Å²) in [6.07, 6.45) is 0.242. The standard InChI is InChI=1S/C30H39BN8O/c1-20-15-38(26-6-4-22(14-32)29-24(26)5-8-27(31)35-29)17-23(40-20)16-36-10-12-37(13-11-36)25-7-9-28(34-21(25)2)39-18-30(3,33)19-39/h4-9,20,23H,10-13,15-19,31,33H2,1-3H3/t20-,23+/m1/s1. The molecular formula is C30H39BN8O. The fraction of sp³-hybridized carbons (Fsp3) is 0.500. The number of benzene rings is 1. The third kappa shape index (κ3) is 5.34. The van der Waals surface area contributed by atoms with Gasteiger partial charge in [0.1, 0.15) is 11.9 Å². The fourth-order valence-electron chi connectivity index (χ4n) is 6.51. The average molecular weight is 539 g/mol.